The molecule has 8 heteroatoms. The Balaban J connectivity index is 0.000000205. The van der Waals surface area contributed by atoms with Crippen LogP contribution in [0.5, 0.6) is 0 Å². The Labute approximate surface area is 196 Å². The number of nitrogens with zero attached hydrogens (tertiary/aromatic N) is 3. The monoisotopic (exact) mass is 452 g/mol. The molecule has 1 amide bonds. The topological polar surface area (TPSA) is 93.4 Å². The zero-order valence-electron chi connectivity index (χ0n) is 19.9. The van der Waals surface area contributed by atoms with Crippen LogP contribution >= 0.6 is 0 Å². The van der Waals surface area contributed by atoms with Gasteiger partial charge < -0.3 is 25.4 Å². The van der Waals surface area contributed by atoms with E-state index in [2.05, 4.69) is 20.6 Å². The first kappa shape index (κ1) is 24.5. The lowest BCUT2D eigenvalue weighted by atomic mass is 10.1. The van der Waals surface area contributed by atoms with Crippen molar-refractivity contribution >= 4 is 17.4 Å². The quantitative estimate of drug-likeness (QED) is 0.533. The molecule has 1 saturated carbocycles. The maximum Gasteiger partial charge on any atom is 0.271 e. The highest BCUT2D eigenvalue weighted by Crippen LogP contribution is 2.29. The van der Waals surface area contributed by atoms with Gasteiger partial charge in [0.15, 0.2) is 0 Å². The Morgan fingerprint density at radius 1 is 1.24 bits per heavy atom. The van der Waals surface area contributed by atoms with Crippen LogP contribution in [-0.2, 0) is 4.79 Å². The highest BCUT2D eigenvalue weighted by Gasteiger charge is 2.21. The number of amides is 1. The van der Waals surface area contributed by atoms with Crippen molar-refractivity contribution in [2.24, 2.45) is 5.92 Å². The fourth-order valence-electron chi connectivity index (χ4n) is 3.51. The number of rotatable bonds is 8. The Morgan fingerprint density at radius 3 is 2.67 bits per heavy atom. The molecule has 0 aromatic carbocycles. The van der Waals surface area contributed by atoms with Gasteiger partial charge in [0.25, 0.3) is 5.56 Å². The molecule has 0 atom stereocenters. The minimum Gasteiger partial charge on any atom is -0.380 e. The first-order valence-electron chi connectivity index (χ1n) is 11.7. The smallest absolute Gasteiger partial charge is 0.271 e. The number of aromatic amines is 1. The second-order valence-corrected chi connectivity index (χ2v) is 8.83. The van der Waals surface area contributed by atoms with Gasteiger partial charge in [-0.3, -0.25) is 9.59 Å². The minimum atomic E-state index is -0.0719. The van der Waals surface area contributed by atoms with Crippen molar-refractivity contribution in [2.75, 3.05) is 58.0 Å². The molecule has 4 rings (SSSR count). The largest absolute Gasteiger partial charge is 0.380 e. The molecule has 2 aromatic heterocycles. The summed E-state index contributed by atoms with van der Waals surface area (Å²) in [5.74, 6) is 1.70. The number of H-pyrrole nitrogens is 1. The number of aromatic nitrogens is 2. The summed E-state index contributed by atoms with van der Waals surface area (Å²) in [5, 5.41) is 6.25. The van der Waals surface area contributed by atoms with Gasteiger partial charge in [-0.15, -0.1) is 0 Å². The van der Waals surface area contributed by atoms with E-state index in [1.165, 1.54) is 12.8 Å². The second-order valence-electron chi connectivity index (χ2n) is 8.83. The molecule has 0 bridgehead atoms. The molecule has 3 heterocycles. The summed E-state index contributed by atoms with van der Waals surface area (Å²) in [6.45, 7) is 3.58. The number of pyridine rings is 2. The fourth-order valence-corrected chi connectivity index (χ4v) is 3.51. The number of hydrogen-bond acceptors (Lipinski definition) is 6. The Kier molecular flexibility index (Phi) is 9.06. The lowest BCUT2D eigenvalue weighted by Gasteiger charge is -2.12. The first-order valence-corrected chi connectivity index (χ1v) is 11.7. The number of anilines is 2. The third-order valence-corrected chi connectivity index (χ3v) is 5.68. The number of likely N-dealkylation sites (tertiary alicyclic amines) is 1. The lowest BCUT2D eigenvalue weighted by Crippen LogP contribution is -2.25. The van der Waals surface area contributed by atoms with Crippen molar-refractivity contribution in [2.45, 2.75) is 25.7 Å². The van der Waals surface area contributed by atoms with Crippen molar-refractivity contribution in [3.8, 4) is 11.1 Å². The zero-order valence-corrected chi connectivity index (χ0v) is 19.9. The standard InChI is InChI=1S/C15H18N4O.C10H18N2O/c1-16-14-7-11(4-5-17-14)12-6-13(15(20)19-9-12)18-8-10-2-3-10;1-11(2)7-5-6-10(13)12-8-3-4-9-12/h4-7,9-10,18H,2-3,8H2,1H3,(H,16,17)(H,19,20);5-6H,3-4,7-9H2,1-2H3/b;6-5+. The van der Waals surface area contributed by atoms with E-state index in [1.807, 2.05) is 55.2 Å². The summed E-state index contributed by atoms with van der Waals surface area (Å²) < 4.78 is 0. The Hall–Kier alpha value is -3.13. The van der Waals surface area contributed by atoms with Crippen LogP contribution in [0.15, 0.2) is 47.5 Å². The summed E-state index contributed by atoms with van der Waals surface area (Å²) in [7, 11) is 5.82. The van der Waals surface area contributed by atoms with Crippen LogP contribution in [0.3, 0.4) is 0 Å². The van der Waals surface area contributed by atoms with Crippen LogP contribution in [0.1, 0.15) is 25.7 Å². The molecule has 3 N–H and O–H groups in total. The van der Waals surface area contributed by atoms with Gasteiger partial charge in [-0.05, 0) is 69.5 Å². The average molecular weight is 453 g/mol. The molecule has 2 fully saturated rings. The fraction of sp³-hybridized carbons (Fsp3) is 0.480. The molecule has 33 heavy (non-hydrogen) atoms. The van der Waals surface area contributed by atoms with E-state index in [1.54, 1.807) is 18.5 Å². The highest BCUT2D eigenvalue weighted by atomic mass is 16.2. The maximum atomic E-state index is 11.8. The molecule has 2 aliphatic rings. The van der Waals surface area contributed by atoms with E-state index < -0.39 is 0 Å². The van der Waals surface area contributed by atoms with Gasteiger partial charge in [-0.1, -0.05) is 6.08 Å². The zero-order chi connectivity index (χ0) is 23.6. The van der Waals surface area contributed by atoms with E-state index in [9.17, 15) is 9.59 Å². The van der Waals surface area contributed by atoms with Crippen LogP contribution in [0.2, 0.25) is 0 Å². The predicted octanol–water partition coefficient (Wildman–Crippen LogP) is 3.03. The van der Waals surface area contributed by atoms with Crippen LogP contribution in [0.4, 0.5) is 11.5 Å². The number of nitrogens with one attached hydrogen (secondary N) is 3. The molecule has 1 aliphatic heterocycles. The van der Waals surface area contributed by atoms with Crippen LogP contribution in [0.25, 0.3) is 11.1 Å². The maximum absolute atomic E-state index is 11.8. The number of likely N-dealkylation sites (N-methyl/N-ethyl adjacent to an activating group) is 1. The van der Waals surface area contributed by atoms with Gasteiger partial charge in [0, 0.05) is 57.3 Å². The number of hydrogen-bond donors (Lipinski definition) is 3. The molecule has 1 aliphatic carbocycles. The average Bonchev–Trinajstić information content (AvgIpc) is 3.48. The Morgan fingerprint density at radius 2 is 2.00 bits per heavy atom. The molecule has 2 aromatic rings. The van der Waals surface area contributed by atoms with E-state index in [4.69, 9.17) is 0 Å². The molecule has 0 radical (unpaired) electrons. The van der Waals surface area contributed by atoms with E-state index in [0.29, 0.717) is 5.69 Å². The van der Waals surface area contributed by atoms with Crippen molar-refractivity contribution in [1.29, 1.82) is 0 Å². The van der Waals surface area contributed by atoms with Gasteiger partial charge in [0.1, 0.15) is 11.5 Å². The summed E-state index contributed by atoms with van der Waals surface area (Å²) in [4.78, 5) is 34.2. The highest BCUT2D eigenvalue weighted by molar-refractivity contribution is 5.87. The van der Waals surface area contributed by atoms with E-state index in [-0.39, 0.29) is 11.5 Å². The molecule has 1 saturated heterocycles. The van der Waals surface area contributed by atoms with E-state index in [0.717, 1.165) is 61.9 Å². The van der Waals surface area contributed by atoms with Crippen molar-refractivity contribution < 1.29 is 4.79 Å². The SMILES string of the molecule is CN(C)C/C=C/C(=O)N1CCCC1.CNc1cc(-c2c[nH]c(=O)c(NCC3CC3)c2)ccn1. The van der Waals surface area contributed by atoms with Crippen molar-refractivity contribution in [3.63, 3.8) is 0 Å². The molecular weight excluding hydrogens is 416 g/mol. The second kappa shape index (κ2) is 12.2. The molecule has 0 spiro atoms. The first-order chi connectivity index (χ1) is 16.0. The summed E-state index contributed by atoms with van der Waals surface area (Å²) in [6, 6.07) is 5.79. The van der Waals surface area contributed by atoms with Crippen LogP contribution in [0, 0.1) is 5.92 Å². The van der Waals surface area contributed by atoms with Gasteiger partial charge in [0.05, 0.1) is 0 Å². The normalized spacial score (nSPS) is 15.5. The summed E-state index contributed by atoms with van der Waals surface area (Å²) in [5.41, 5.74) is 2.56. The molecule has 178 valence electrons. The third-order valence-electron chi connectivity index (χ3n) is 5.68. The Bertz CT molecular complexity index is 990. The van der Waals surface area contributed by atoms with Gasteiger partial charge in [-0.25, -0.2) is 4.98 Å². The molecular formula is C25H36N6O2. The summed E-state index contributed by atoms with van der Waals surface area (Å²) >= 11 is 0. The van der Waals surface area contributed by atoms with Gasteiger partial charge in [-0.2, -0.15) is 0 Å². The number of carbonyl (C=O) groups is 1. The number of carbonyl (C=O) groups excluding carboxylic acids is 1. The summed E-state index contributed by atoms with van der Waals surface area (Å²) in [6.07, 6.45) is 11.9. The molecule has 8 nitrogen and oxygen atoms in total. The van der Waals surface area contributed by atoms with E-state index >= 15 is 0 Å². The van der Waals surface area contributed by atoms with Gasteiger partial charge >= 0.3 is 0 Å². The van der Waals surface area contributed by atoms with Crippen molar-refractivity contribution in [3.05, 3.63) is 53.1 Å². The van der Waals surface area contributed by atoms with Crippen LogP contribution < -0.4 is 16.2 Å². The van der Waals surface area contributed by atoms with Gasteiger partial charge in [0.2, 0.25) is 5.91 Å². The predicted molar refractivity (Wildman–Crippen MR) is 135 cm³/mol. The lowest BCUT2D eigenvalue weighted by molar-refractivity contribution is -0.125. The van der Waals surface area contributed by atoms with Crippen LogP contribution in [-0.4, -0.2) is 73.0 Å². The molecule has 0 unspecified atom stereocenters. The van der Waals surface area contributed by atoms with Crippen molar-refractivity contribution in [1.82, 2.24) is 19.8 Å². The minimum absolute atomic E-state index is 0.0719. The third kappa shape index (κ3) is 8.05.